The first-order chi connectivity index (χ1) is 19.2. The van der Waals surface area contributed by atoms with E-state index < -0.39 is 23.8 Å². The van der Waals surface area contributed by atoms with Crippen LogP contribution in [-0.4, -0.2) is 32.7 Å². The monoisotopic (exact) mass is 559 g/mol. The van der Waals surface area contributed by atoms with E-state index in [0.29, 0.717) is 23.8 Å². The number of hydrogen-bond acceptors (Lipinski definition) is 5. The number of unbranched alkanes of at least 4 members (excludes halogenated alkanes) is 8. The van der Waals surface area contributed by atoms with Gasteiger partial charge in [-0.15, -0.1) is 0 Å². The Balaban J connectivity index is 1.53. The van der Waals surface area contributed by atoms with Gasteiger partial charge in [0.05, 0.1) is 12.1 Å². The molecule has 0 aliphatic carbocycles. The maximum absolute atomic E-state index is 12.9. The zero-order chi connectivity index (χ0) is 29.0. The van der Waals surface area contributed by atoms with Gasteiger partial charge in [0.15, 0.2) is 5.82 Å². The van der Waals surface area contributed by atoms with E-state index in [1.807, 2.05) is 24.3 Å². The van der Waals surface area contributed by atoms with Gasteiger partial charge in [0.1, 0.15) is 0 Å². The van der Waals surface area contributed by atoms with Crippen molar-refractivity contribution in [2.24, 2.45) is 0 Å². The average Bonchev–Trinajstić information content (AvgIpc) is 3.40. The maximum atomic E-state index is 12.9. The molecule has 1 N–H and O–H groups in total. The molecule has 0 bridgehead atoms. The van der Waals surface area contributed by atoms with Crippen LogP contribution in [0.3, 0.4) is 0 Å². The smallest absolute Gasteiger partial charge is 0.416 e. The maximum Gasteiger partial charge on any atom is 0.416 e. The minimum absolute atomic E-state index is 0.254. The summed E-state index contributed by atoms with van der Waals surface area (Å²) in [5, 5.41) is 13.5. The van der Waals surface area contributed by atoms with Gasteiger partial charge in [0.25, 0.3) is 5.89 Å². The molecule has 3 rings (SSSR count). The number of benzene rings is 2. The summed E-state index contributed by atoms with van der Waals surface area (Å²) < 4.78 is 44.2. The molecule has 1 heterocycles. The van der Waals surface area contributed by atoms with Gasteiger partial charge < -0.3 is 9.63 Å². The summed E-state index contributed by atoms with van der Waals surface area (Å²) in [6.45, 7) is 4.07. The third kappa shape index (κ3) is 10.1. The SMILES string of the molecule is CCCCCCCCCCCc1noc(-c2ccc(CN(CC(=O)O)[C@@H](C)c3ccc(C(F)(F)F)cc3)cc2)n1. The van der Waals surface area contributed by atoms with Crippen molar-refractivity contribution >= 4 is 5.97 Å². The Morgan fingerprint density at radius 2 is 1.52 bits per heavy atom. The zero-order valence-electron chi connectivity index (χ0n) is 23.4. The molecule has 0 saturated carbocycles. The van der Waals surface area contributed by atoms with Crippen molar-refractivity contribution in [2.45, 2.75) is 96.8 Å². The molecule has 218 valence electrons. The summed E-state index contributed by atoms with van der Waals surface area (Å²) in [6.07, 6.45) is 7.64. The molecule has 40 heavy (non-hydrogen) atoms. The van der Waals surface area contributed by atoms with Crippen molar-refractivity contribution < 1.29 is 27.6 Å². The Kier molecular flexibility index (Phi) is 12.2. The predicted molar refractivity (Wildman–Crippen MR) is 149 cm³/mol. The van der Waals surface area contributed by atoms with Crippen LogP contribution in [0.4, 0.5) is 13.2 Å². The van der Waals surface area contributed by atoms with E-state index in [2.05, 4.69) is 17.1 Å². The standard InChI is InChI=1S/C31H40F3N3O3/c1-3-4-5-6-7-8-9-10-11-12-28-35-30(40-36-28)26-15-13-24(14-16-26)21-37(22-29(38)39)23(2)25-17-19-27(20-18-25)31(32,33)34/h13-20,23H,3-12,21-22H2,1-2H3,(H,38,39)/t23-/m0/s1. The Labute approximate surface area is 234 Å². The molecule has 1 aromatic heterocycles. The molecule has 0 spiro atoms. The quantitative estimate of drug-likeness (QED) is 0.167. The van der Waals surface area contributed by atoms with Crippen molar-refractivity contribution in [1.82, 2.24) is 15.0 Å². The number of hydrogen-bond donors (Lipinski definition) is 1. The first kappa shape index (κ1) is 31.3. The first-order valence-electron chi connectivity index (χ1n) is 14.2. The van der Waals surface area contributed by atoms with E-state index in [-0.39, 0.29) is 6.54 Å². The number of nitrogens with zero attached hydrogens (tertiary/aromatic N) is 3. The molecule has 0 amide bonds. The van der Waals surface area contributed by atoms with Crippen LogP contribution in [0.5, 0.6) is 0 Å². The normalized spacial score (nSPS) is 12.7. The van der Waals surface area contributed by atoms with Crippen LogP contribution in [0.1, 0.15) is 100 Å². The molecule has 9 heteroatoms. The minimum atomic E-state index is -4.42. The van der Waals surface area contributed by atoms with Crippen molar-refractivity contribution in [3.8, 4) is 11.5 Å². The van der Waals surface area contributed by atoms with Gasteiger partial charge in [-0.05, 0) is 48.7 Å². The topological polar surface area (TPSA) is 79.5 Å². The first-order valence-corrected chi connectivity index (χ1v) is 14.2. The largest absolute Gasteiger partial charge is 0.480 e. The molecule has 2 aromatic carbocycles. The van der Waals surface area contributed by atoms with Gasteiger partial charge in [-0.2, -0.15) is 18.2 Å². The Morgan fingerprint density at radius 1 is 0.925 bits per heavy atom. The van der Waals surface area contributed by atoms with Crippen molar-refractivity contribution in [1.29, 1.82) is 0 Å². The Morgan fingerprint density at radius 3 is 2.10 bits per heavy atom. The average molecular weight is 560 g/mol. The van der Waals surface area contributed by atoms with Crippen LogP contribution < -0.4 is 0 Å². The van der Waals surface area contributed by atoms with Crippen LogP contribution >= 0.6 is 0 Å². The van der Waals surface area contributed by atoms with Crippen molar-refractivity contribution in [3.63, 3.8) is 0 Å². The fourth-order valence-electron chi connectivity index (χ4n) is 4.72. The Bertz CT molecular complexity index is 1160. The van der Waals surface area contributed by atoms with E-state index in [1.165, 1.54) is 57.1 Å². The number of aryl methyl sites for hydroxylation is 1. The van der Waals surface area contributed by atoms with Gasteiger partial charge in [-0.25, -0.2) is 0 Å². The minimum Gasteiger partial charge on any atom is -0.480 e. The number of carboxylic acids is 1. The van der Waals surface area contributed by atoms with Gasteiger partial charge >= 0.3 is 12.1 Å². The summed E-state index contributed by atoms with van der Waals surface area (Å²) in [4.78, 5) is 17.7. The van der Waals surface area contributed by atoms with Crippen LogP contribution in [0.25, 0.3) is 11.5 Å². The van der Waals surface area contributed by atoms with Gasteiger partial charge in [0, 0.05) is 24.6 Å². The Hall–Kier alpha value is -3.20. The van der Waals surface area contributed by atoms with E-state index in [1.54, 1.807) is 11.8 Å². The number of carbonyl (C=O) groups is 1. The summed E-state index contributed by atoms with van der Waals surface area (Å²) in [6, 6.07) is 11.9. The number of aromatic nitrogens is 2. The van der Waals surface area contributed by atoms with Crippen LogP contribution in [-0.2, 0) is 23.9 Å². The molecule has 0 fully saturated rings. The van der Waals surface area contributed by atoms with Crippen LogP contribution in [0.2, 0.25) is 0 Å². The van der Waals surface area contributed by atoms with Gasteiger partial charge in [0.2, 0.25) is 0 Å². The lowest BCUT2D eigenvalue weighted by Crippen LogP contribution is -2.32. The number of aliphatic carboxylic acids is 1. The molecule has 0 unspecified atom stereocenters. The molecule has 6 nitrogen and oxygen atoms in total. The van der Waals surface area contributed by atoms with Crippen molar-refractivity contribution in [3.05, 3.63) is 71.0 Å². The van der Waals surface area contributed by atoms with Gasteiger partial charge in [-0.1, -0.05) is 87.7 Å². The lowest BCUT2D eigenvalue weighted by Gasteiger charge is -2.28. The molecule has 0 radical (unpaired) electrons. The molecule has 1 atom stereocenters. The highest BCUT2D eigenvalue weighted by Gasteiger charge is 2.30. The predicted octanol–water partition coefficient (Wildman–Crippen LogP) is 8.48. The summed E-state index contributed by atoms with van der Waals surface area (Å²) in [5.41, 5.74) is 1.51. The number of carboxylic acid groups (broad SMARTS) is 1. The van der Waals surface area contributed by atoms with E-state index >= 15 is 0 Å². The molecular formula is C31H40F3N3O3. The van der Waals surface area contributed by atoms with E-state index in [4.69, 9.17) is 4.52 Å². The summed E-state index contributed by atoms with van der Waals surface area (Å²) in [7, 11) is 0. The van der Waals surface area contributed by atoms with Crippen LogP contribution in [0, 0.1) is 0 Å². The third-order valence-electron chi connectivity index (χ3n) is 7.17. The zero-order valence-corrected chi connectivity index (χ0v) is 23.4. The molecule has 0 aliphatic heterocycles. The lowest BCUT2D eigenvalue weighted by molar-refractivity contribution is -0.139. The highest BCUT2D eigenvalue weighted by molar-refractivity contribution is 5.69. The molecule has 0 aliphatic rings. The summed E-state index contributed by atoms with van der Waals surface area (Å²) in [5.74, 6) is 0.124. The lowest BCUT2D eigenvalue weighted by atomic mass is 10.0. The fraction of sp³-hybridized carbons (Fsp3) is 0.516. The second-order valence-electron chi connectivity index (χ2n) is 10.4. The number of halogens is 3. The second kappa shape index (κ2) is 15.6. The number of rotatable bonds is 17. The highest BCUT2D eigenvalue weighted by Crippen LogP contribution is 2.31. The highest BCUT2D eigenvalue weighted by atomic mass is 19.4. The van der Waals surface area contributed by atoms with E-state index in [0.717, 1.165) is 42.5 Å². The number of alkyl halides is 3. The van der Waals surface area contributed by atoms with Crippen LogP contribution in [0.15, 0.2) is 53.1 Å². The fourth-order valence-corrected chi connectivity index (χ4v) is 4.72. The van der Waals surface area contributed by atoms with Gasteiger partial charge in [-0.3, -0.25) is 9.69 Å². The van der Waals surface area contributed by atoms with Crippen molar-refractivity contribution in [2.75, 3.05) is 6.54 Å². The third-order valence-corrected chi connectivity index (χ3v) is 7.17. The summed E-state index contributed by atoms with van der Waals surface area (Å²) >= 11 is 0. The molecular weight excluding hydrogens is 519 g/mol. The molecule has 0 saturated heterocycles. The molecule has 3 aromatic rings. The van der Waals surface area contributed by atoms with E-state index in [9.17, 15) is 23.1 Å². The second-order valence-corrected chi connectivity index (χ2v) is 10.4.